The van der Waals surface area contributed by atoms with Crippen LogP contribution in [-0.4, -0.2) is 23.5 Å². The highest BCUT2D eigenvalue weighted by atomic mass is 16.2. The van der Waals surface area contributed by atoms with Crippen LogP contribution < -0.4 is 5.32 Å². The molecule has 0 bridgehead atoms. The topological polar surface area (TPSA) is 32.3 Å². The van der Waals surface area contributed by atoms with Gasteiger partial charge in [-0.2, -0.15) is 0 Å². The summed E-state index contributed by atoms with van der Waals surface area (Å²) in [6.07, 6.45) is 6.28. The largest absolute Gasteiger partial charge is 0.322 e. The monoisotopic (exact) mass is 258 g/mol. The molecule has 19 heavy (non-hydrogen) atoms. The van der Waals surface area contributed by atoms with Crippen molar-refractivity contribution in [1.82, 2.24) is 4.90 Å². The summed E-state index contributed by atoms with van der Waals surface area (Å²) in [5.41, 5.74) is 1.90. The minimum atomic E-state index is 0.0299. The predicted octanol–water partition coefficient (Wildman–Crippen LogP) is 4.13. The van der Waals surface area contributed by atoms with E-state index in [1.165, 1.54) is 0 Å². The lowest BCUT2D eigenvalue weighted by atomic mass is 10.1. The summed E-state index contributed by atoms with van der Waals surface area (Å²) in [6, 6.07) is 8.19. The van der Waals surface area contributed by atoms with E-state index in [4.69, 9.17) is 0 Å². The van der Waals surface area contributed by atoms with Gasteiger partial charge in [0.15, 0.2) is 0 Å². The fourth-order valence-electron chi connectivity index (χ4n) is 2.63. The highest BCUT2D eigenvalue weighted by Gasteiger charge is 2.27. The number of hydrogen-bond acceptors (Lipinski definition) is 1. The summed E-state index contributed by atoms with van der Waals surface area (Å²) in [7, 11) is 0. The zero-order valence-corrected chi connectivity index (χ0v) is 11.6. The van der Waals surface area contributed by atoms with Crippen LogP contribution in [0.25, 0.3) is 6.08 Å². The maximum atomic E-state index is 12.2. The average Bonchev–Trinajstić information content (AvgIpc) is 2.88. The third-order valence-corrected chi connectivity index (χ3v) is 3.66. The SMILES string of the molecule is C=Cc1ccc(NC(=O)N2CCCC2CCC)cc1. The Morgan fingerprint density at radius 2 is 2.21 bits per heavy atom. The van der Waals surface area contributed by atoms with E-state index in [9.17, 15) is 4.79 Å². The van der Waals surface area contributed by atoms with Crippen LogP contribution in [-0.2, 0) is 0 Å². The molecule has 0 aromatic heterocycles. The molecule has 1 atom stereocenters. The number of rotatable bonds is 4. The van der Waals surface area contributed by atoms with Gasteiger partial charge in [-0.05, 0) is 37.0 Å². The molecular weight excluding hydrogens is 236 g/mol. The summed E-state index contributed by atoms with van der Waals surface area (Å²) < 4.78 is 0. The first-order valence-corrected chi connectivity index (χ1v) is 7.04. The predicted molar refractivity (Wildman–Crippen MR) is 80.2 cm³/mol. The van der Waals surface area contributed by atoms with Crippen molar-refractivity contribution < 1.29 is 4.79 Å². The van der Waals surface area contributed by atoms with E-state index >= 15 is 0 Å². The van der Waals surface area contributed by atoms with E-state index in [0.717, 1.165) is 43.5 Å². The van der Waals surface area contributed by atoms with Crippen LogP contribution in [0.1, 0.15) is 38.2 Å². The molecule has 1 fully saturated rings. The molecule has 2 rings (SSSR count). The summed E-state index contributed by atoms with van der Waals surface area (Å²) >= 11 is 0. The van der Waals surface area contributed by atoms with Crippen LogP contribution in [0.3, 0.4) is 0 Å². The second kappa shape index (κ2) is 6.41. The van der Waals surface area contributed by atoms with Crippen molar-refractivity contribution in [3.63, 3.8) is 0 Å². The van der Waals surface area contributed by atoms with Crippen LogP contribution in [0.15, 0.2) is 30.8 Å². The molecule has 1 N–H and O–H groups in total. The lowest BCUT2D eigenvalue weighted by Gasteiger charge is -2.24. The number of nitrogens with zero attached hydrogens (tertiary/aromatic N) is 1. The molecule has 1 aromatic carbocycles. The van der Waals surface area contributed by atoms with Crippen molar-refractivity contribution in [2.45, 2.75) is 38.6 Å². The molecule has 1 aliphatic rings. The minimum Gasteiger partial charge on any atom is -0.322 e. The molecule has 102 valence electrons. The molecule has 3 heteroatoms. The van der Waals surface area contributed by atoms with Crippen molar-refractivity contribution in [2.75, 3.05) is 11.9 Å². The van der Waals surface area contributed by atoms with E-state index in [1.54, 1.807) is 6.08 Å². The second-order valence-electron chi connectivity index (χ2n) is 5.03. The quantitative estimate of drug-likeness (QED) is 0.865. The second-order valence-corrected chi connectivity index (χ2v) is 5.03. The Morgan fingerprint density at radius 1 is 1.47 bits per heavy atom. The van der Waals surface area contributed by atoms with Crippen LogP contribution in [0, 0.1) is 0 Å². The van der Waals surface area contributed by atoms with E-state index in [2.05, 4.69) is 18.8 Å². The Bertz CT molecular complexity index is 439. The number of likely N-dealkylation sites (tertiary alicyclic amines) is 1. The van der Waals surface area contributed by atoms with Gasteiger partial charge in [-0.3, -0.25) is 0 Å². The van der Waals surface area contributed by atoms with Crippen molar-refractivity contribution in [3.8, 4) is 0 Å². The molecular formula is C16H22N2O. The number of urea groups is 1. The Morgan fingerprint density at radius 3 is 2.84 bits per heavy atom. The highest BCUT2D eigenvalue weighted by Crippen LogP contribution is 2.22. The van der Waals surface area contributed by atoms with Gasteiger partial charge in [-0.1, -0.05) is 38.1 Å². The van der Waals surface area contributed by atoms with E-state index < -0.39 is 0 Å². The summed E-state index contributed by atoms with van der Waals surface area (Å²) in [5, 5.41) is 2.98. The molecule has 1 saturated heterocycles. The maximum absolute atomic E-state index is 12.2. The van der Waals surface area contributed by atoms with E-state index in [0.29, 0.717) is 6.04 Å². The molecule has 0 saturated carbocycles. The van der Waals surface area contributed by atoms with E-state index in [1.807, 2.05) is 29.2 Å². The standard InChI is InChI=1S/C16H22N2O/c1-3-6-15-7-5-12-18(15)16(19)17-14-10-8-13(4-2)9-11-14/h4,8-11,15H,2-3,5-7,12H2,1H3,(H,17,19). The summed E-state index contributed by atoms with van der Waals surface area (Å²) in [6.45, 7) is 6.76. The first-order valence-electron chi connectivity index (χ1n) is 7.04. The van der Waals surface area contributed by atoms with Gasteiger partial charge >= 0.3 is 6.03 Å². The zero-order chi connectivity index (χ0) is 13.7. The molecule has 1 heterocycles. The Hall–Kier alpha value is -1.77. The van der Waals surface area contributed by atoms with Crippen molar-refractivity contribution in [2.24, 2.45) is 0 Å². The van der Waals surface area contributed by atoms with Gasteiger partial charge in [-0.15, -0.1) is 0 Å². The van der Waals surface area contributed by atoms with Gasteiger partial charge in [-0.25, -0.2) is 4.79 Å². The number of nitrogens with one attached hydrogen (secondary N) is 1. The lowest BCUT2D eigenvalue weighted by Crippen LogP contribution is -2.38. The molecule has 1 unspecified atom stereocenters. The molecule has 2 amide bonds. The van der Waals surface area contributed by atoms with Gasteiger partial charge in [0.05, 0.1) is 0 Å². The summed E-state index contributed by atoms with van der Waals surface area (Å²) in [4.78, 5) is 14.2. The third-order valence-electron chi connectivity index (χ3n) is 3.66. The average molecular weight is 258 g/mol. The number of anilines is 1. The minimum absolute atomic E-state index is 0.0299. The maximum Gasteiger partial charge on any atom is 0.322 e. The van der Waals surface area contributed by atoms with Gasteiger partial charge in [0, 0.05) is 18.3 Å². The first kappa shape index (κ1) is 13.7. The van der Waals surface area contributed by atoms with Gasteiger partial charge in [0.25, 0.3) is 0 Å². The van der Waals surface area contributed by atoms with Crippen LogP contribution in [0.5, 0.6) is 0 Å². The lowest BCUT2D eigenvalue weighted by molar-refractivity contribution is 0.203. The Balaban J connectivity index is 1.97. The number of carbonyl (C=O) groups excluding carboxylic acids is 1. The summed E-state index contributed by atoms with van der Waals surface area (Å²) in [5.74, 6) is 0. The van der Waals surface area contributed by atoms with Gasteiger partial charge in [0.1, 0.15) is 0 Å². The smallest absolute Gasteiger partial charge is 0.322 e. The van der Waals surface area contributed by atoms with Crippen LogP contribution >= 0.6 is 0 Å². The normalized spacial score (nSPS) is 18.4. The highest BCUT2D eigenvalue weighted by molar-refractivity contribution is 5.89. The Labute approximate surface area is 115 Å². The number of amides is 2. The fraction of sp³-hybridized carbons (Fsp3) is 0.438. The molecule has 3 nitrogen and oxygen atoms in total. The van der Waals surface area contributed by atoms with Crippen LogP contribution in [0.4, 0.5) is 10.5 Å². The van der Waals surface area contributed by atoms with Crippen molar-refractivity contribution in [1.29, 1.82) is 0 Å². The van der Waals surface area contributed by atoms with Gasteiger partial charge < -0.3 is 10.2 Å². The fourth-order valence-corrected chi connectivity index (χ4v) is 2.63. The van der Waals surface area contributed by atoms with Gasteiger partial charge in [0.2, 0.25) is 0 Å². The number of hydrogen-bond donors (Lipinski definition) is 1. The number of benzene rings is 1. The zero-order valence-electron chi connectivity index (χ0n) is 11.6. The molecule has 0 spiro atoms. The molecule has 0 radical (unpaired) electrons. The van der Waals surface area contributed by atoms with Crippen molar-refractivity contribution in [3.05, 3.63) is 36.4 Å². The molecule has 1 aliphatic heterocycles. The molecule has 0 aliphatic carbocycles. The molecule has 1 aromatic rings. The van der Waals surface area contributed by atoms with Crippen molar-refractivity contribution >= 4 is 17.8 Å². The third kappa shape index (κ3) is 3.37. The first-order chi connectivity index (χ1) is 9.24. The Kier molecular flexibility index (Phi) is 4.61. The number of carbonyl (C=O) groups is 1. The van der Waals surface area contributed by atoms with Crippen LogP contribution in [0.2, 0.25) is 0 Å². The van der Waals surface area contributed by atoms with E-state index in [-0.39, 0.29) is 6.03 Å².